The first kappa shape index (κ1) is 22.7. The van der Waals surface area contributed by atoms with Crippen molar-refractivity contribution in [3.8, 4) is 0 Å². The number of nitrogens with zero attached hydrogens (tertiary/aromatic N) is 1. The van der Waals surface area contributed by atoms with E-state index in [1.165, 1.54) is 38.5 Å². The molecule has 156 valence electrons. The Hall–Kier alpha value is -1.59. The molecule has 2 amide bonds. The van der Waals surface area contributed by atoms with E-state index in [9.17, 15) is 9.59 Å². The Morgan fingerprint density at radius 2 is 1.54 bits per heavy atom. The highest BCUT2D eigenvalue weighted by Crippen LogP contribution is 2.19. The topological polar surface area (TPSA) is 61.4 Å². The van der Waals surface area contributed by atoms with Crippen LogP contribution in [0.4, 0.5) is 0 Å². The van der Waals surface area contributed by atoms with Gasteiger partial charge in [0.15, 0.2) is 0 Å². The van der Waals surface area contributed by atoms with Gasteiger partial charge in [-0.25, -0.2) is 0 Å². The van der Waals surface area contributed by atoms with Crippen molar-refractivity contribution >= 4 is 24.2 Å². The third-order valence-electron chi connectivity index (χ3n) is 5.89. The van der Waals surface area contributed by atoms with E-state index in [0.717, 1.165) is 24.9 Å². The molecule has 0 aromatic heterocycles. The molecule has 1 aromatic carbocycles. The lowest BCUT2D eigenvalue weighted by atomic mass is 9.95. The molecule has 0 bridgehead atoms. The molecule has 6 heteroatoms. The Labute approximate surface area is 175 Å². The number of halogens is 1. The van der Waals surface area contributed by atoms with Crippen LogP contribution in [-0.2, 0) is 4.79 Å². The van der Waals surface area contributed by atoms with Gasteiger partial charge in [-0.3, -0.25) is 9.59 Å². The average molecular weight is 408 g/mol. The van der Waals surface area contributed by atoms with Gasteiger partial charge >= 0.3 is 0 Å². The van der Waals surface area contributed by atoms with E-state index in [2.05, 4.69) is 10.6 Å². The number of nitrogens with one attached hydrogen (secondary N) is 2. The normalized spacial score (nSPS) is 18.8. The lowest BCUT2D eigenvalue weighted by Crippen LogP contribution is -2.44. The zero-order valence-electron chi connectivity index (χ0n) is 16.7. The number of benzene rings is 1. The van der Waals surface area contributed by atoms with Gasteiger partial charge in [0.05, 0.1) is 0 Å². The number of carbonyl (C=O) groups is 2. The number of piperidine rings is 1. The molecule has 0 atom stereocenters. The number of rotatable bonds is 6. The standard InChI is InChI=1S/C22H33N3O2.ClH/c26-21(24-15-14-23-20-10-6-1-2-7-11-20)18-12-16-25(17-13-18)22(27)19-8-4-3-5-9-19;/h3-5,8-9,18,20,23H,1-2,6-7,10-17H2,(H,24,26);1H. The maximum atomic E-state index is 12.5. The fourth-order valence-corrected chi connectivity index (χ4v) is 4.20. The Morgan fingerprint density at radius 1 is 0.893 bits per heavy atom. The molecule has 2 N–H and O–H groups in total. The fraction of sp³-hybridized carbons (Fsp3) is 0.636. The van der Waals surface area contributed by atoms with Crippen LogP contribution < -0.4 is 10.6 Å². The minimum atomic E-state index is 0. The molecule has 2 aliphatic rings. The van der Waals surface area contributed by atoms with Gasteiger partial charge in [-0.2, -0.15) is 0 Å². The highest BCUT2D eigenvalue weighted by atomic mass is 35.5. The van der Waals surface area contributed by atoms with Crippen LogP contribution in [0.3, 0.4) is 0 Å². The molecule has 28 heavy (non-hydrogen) atoms. The van der Waals surface area contributed by atoms with Crippen molar-refractivity contribution in [1.82, 2.24) is 15.5 Å². The van der Waals surface area contributed by atoms with Crippen LogP contribution in [0.1, 0.15) is 61.7 Å². The zero-order valence-corrected chi connectivity index (χ0v) is 17.5. The Bertz CT molecular complexity index is 595. The van der Waals surface area contributed by atoms with Crippen LogP contribution in [0.25, 0.3) is 0 Å². The lowest BCUT2D eigenvalue weighted by Gasteiger charge is -2.31. The second-order valence-corrected chi connectivity index (χ2v) is 7.87. The predicted molar refractivity (Wildman–Crippen MR) is 115 cm³/mol. The number of likely N-dealkylation sites (tertiary alicyclic amines) is 1. The van der Waals surface area contributed by atoms with Crippen LogP contribution in [0.5, 0.6) is 0 Å². The molecule has 1 aliphatic heterocycles. The molecule has 5 nitrogen and oxygen atoms in total. The van der Waals surface area contributed by atoms with E-state index < -0.39 is 0 Å². The maximum absolute atomic E-state index is 12.5. The number of carbonyl (C=O) groups excluding carboxylic acids is 2. The molecule has 1 saturated heterocycles. The first-order valence-corrected chi connectivity index (χ1v) is 10.6. The molecule has 1 aliphatic carbocycles. The van der Waals surface area contributed by atoms with Gasteiger partial charge in [0.1, 0.15) is 0 Å². The van der Waals surface area contributed by atoms with Crippen molar-refractivity contribution in [3.63, 3.8) is 0 Å². The van der Waals surface area contributed by atoms with Gasteiger partial charge in [0, 0.05) is 43.7 Å². The summed E-state index contributed by atoms with van der Waals surface area (Å²) in [6, 6.07) is 10.0. The predicted octanol–water partition coefficient (Wildman–Crippen LogP) is 3.39. The summed E-state index contributed by atoms with van der Waals surface area (Å²) < 4.78 is 0. The Kier molecular flexibility index (Phi) is 9.79. The molecular weight excluding hydrogens is 374 g/mol. The van der Waals surface area contributed by atoms with E-state index in [4.69, 9.17) is 0 Å². The van der Waals surface area contributed by atoms with Crippen molar-refractivity contribution in [2.45, 2.75) is 57.4 Å². The summed E-state index contributed by atoms with van der Waals surface area (Å²) in [5.74, 6) is 0.245. The van der Waals surface area contributed by atoms with Crippen molar-refractivity contribution in [3.05, 3.63) is 35.9 Å². The summed E-state index contributed by atoms with van der Waals surface area (Å²) in [7, 11) is 0. The van der Waals surface area contributed by atoms with Crippen LogP contribution in [-0.4, -0.2) is 48.9 Å². The van der Waals surface area contributed by atoms with Gasteiger partial charge in [-0.15, -0.1) is 12.4 Å². The van der Waals surface area contributed by atoms with Crippen molar-refractivity contribution in [2.24, 2.45) is 5.92 Å². The molecule has 3 rings (SSSR count). The minimum Gasteiger partial charge on any atom is -0.355 e. The summed E-state index contributed by atoms with van der Waals surface area (Å²) in [6.07, 6.45) is 9.40. The summed E-state index contributed by atoms with van der Waals surface area (Å²) >= 11 is 0. The summed E-state index contributed by atoms with van der Waals surface area (Å²) in [6.45, 7) is 2.86. The maximum Gasteiger partial charge on any atom is 0.253 e. The number of hydrogen-bond acceptors (Lipinski definition) is 3. The van der Waals surface area contributed by atoms with Gasteiger partial charge in [-0.05, 0) is 37.8 Å². The third kappa shape index (κ3) is 6.78. The SMILES string of the molecule is Cl.O=C(NCCNC1CCCCCC1)C1CCN(C(=O)c2ccccc2)CC1. The molecule has 1 heterocycles. The summed E-state index contributed by atoms with van der Waals surface area (Å²) in [5.41, 5.74) is 0.727. The van der Waals surface area contributed by atoms with Gasteiger partial charge < -0.3 is 15.5 Å². The van der Waals surface area contributed by atoms with Gasteiger partial charge in [0.25, 0.3) is 5.91 Å². The first-order chi connectivity index (χ1) is 13.2. The minimum absolute atomic E-state index is 0. The van der Waals surface area contributed by atoms with Gasteiger partial charge in [0.2, 0.25) is 5.91 Å². The van der Waals surface area contributed by atoms with E-state index in [-0.39, 0.29) is 30.1 Å². The van der Waals surface area contributed by atoms with Gasteiger partial charge in [-0.1, -0.05) is 43.9 Å². The van der Waals surface area contributed by atoms with E-state index in [0.29, 0.717) is 25.7 Å². The first-order valence-electron chi connectivity index (χ1n) is 10.6. The Morgan fingerprint density at radius 3 is 2.18 bits per heavy atom. The average Bonchev–Trinajstić information content (AvgIpc) is 3.00. The van der Waals surface area contributed by atoms with E-state index in [1.807, 2.05) is 35.2 Å². The van der Waals surface area contributed by atoms with Crippen LogP contribution in [0.2, 0.25) is 0 Å². The summed E-state index contributed by atoms with van der Waals surface area (Å²) in [5, 5.41) is 6.67. The van der Waals surface area contributed by atoms with Crippen molar-refractivity contribution in [1.29, 1.82) is 0 Å². The lowest BCUT2D eigenvalue weighted by molar-refractivity contribution is -0.126. The van der Waals surface area contributed by atoms with Crippen LogP contribution in [0, 0.1) is 5.92 Å². The Balaban J connectivity index is 0.00000280. The number of amides is 2. The second-order valence-electron chi connectivity index (χ2n) is 7.87. The second kappa shape index (κ2) is 12.1. The molecule has 0 spiro atoms. The third-order valence-corrected chi connectivity index (χ3v) is 5.89. The highest BCUT2D eigenvalue weighted by Gasteiger charge is 2.27. The molecule has 2 fully saturated rings. The van der Waals surface area contributed by atoms with E-state index in [1.54, 1.807) is 0 Å². The highest BCUT2D eigenvalue weighted by molar-refractivity contribution is 5.94. The van der Waals surface area contributed by atoms with Crippen LogP contribution in [0.15, 0.2) is 30.3 Å². The van der Waals surface area contributed by atoms with Crippen molar-refractivity contribution < 1.29 is 9.59 Å². The summed E-state index contributed by atoms with van der Waals surface area (Å²) in [4.78, 5) is 26.8. The monoisotopic (exact) mass is 407 g/mol. The van der Waals surface area contributed by atoms with E-state index >= 15 is 0 Å². The number of hydrogen-bond donors (Lipinski definition) is 2. The fourth-order valence-electron chi connectivity index (χ4n) is 4.20. The molecule has 0 radical (unpaired) electrons. The quantitative estimate of drug-likeness (QED) is 0.561. The van der Waals surface area contributed by atoms with Crippen LogP contribution >= 0.6 is 12.4 Å². The molecule has 1 aromatic rings. The molecule has 1 saturated carbocycles. The molecular formula is C22H34ClN3O2. The largest absolute Gasteiger partial charge is 0.355 e. The smallest absolute Gasteiger partial charge is 0.253 e. The molecule has 0 unspecified atom stereocenters. The van der Waals surface area contributed by atoms with Crippen molar-refractivity contribution in [2.75, 3.05) is 26.2 Å². The zero-order chi connectivity index (χ0) is 18.9.